The van der Waals surface area contributed by atoms with E-state index in [4.69, 9.17) is 5.73 Å². The lowest BCUT2D eigenvalue weighted by molar-refractivity contribution is -0.117. The molecule has 1 unspecified atom stereocenters. The number of carbonyl (C=O) groups excluding carboxylic acids is 2. The summed E-state index contributed by atoms with van der Waals surface area (Å²) in [6.07, 6.45) is 1.00. The number of rotatable bonds is 6. The van der Waals surface area contributed by atoms with Gasteiger partial charge in [0.1, 0.15) is 5.82 Å². The molecule has 0 aliphatic rings. The van der Waals surface area contributed by atoms with Gasteiger partial charge in [0.2, 0.25) is 5.91 Å². The number of hydrogen-bond donors (Lipinski definition) is 2. The lowest BCUT2D eigenvalue weighted by Crippen LogP contribution is -2.22. The van der Waals surface area contributed by atoms with Gasteiger partial charge in [-0.15, -0.1) is 0 Å². The Hall–Kier alpha value is -1.95. The van der Waals surface area contributed by atoms with E-state index in [1.807, 2.05) is 6.92 Å². The highest BCUT2D eigenvalue weighted by Crippen LogP contribution is 2.19. The van der Waals surface area contributed by atoms with Crippen LogP contribution in [0.1, 0.15) is 30.1 Å². The topological polar surface area (TPSA) is 81.4 Å². The third-order valence-electron chi connectivity index (χ3n) is 3.05. The third-order valence-corrected chi connectivity index (χ3v) is 3.05. The highest BCUT2D eigenvalue weighted by atomic mass is 19.1. The van der Waals surface area contributed by atoms with E-state index >= 15 is 0 Å². The van der Waals surface area contributed by atoms with Crippen molar-refractivity contribution >= 4 is 17.6 Å². The van der Waals surface area contributed by atoms with Crippen LogP contribution >= 0.6 is 0 Å². The van der Waals surface area contributed by atoms with Crippen LogP contribution in [0.3, 0.4) is 0 Å². The van der Waals surface area contributed by atoms with Gasteiger partial charge >= 0.3 is 5.97 Å². The van der Waals surface area contributed by atoms with E-state index in [0.717, 1.165) is 18.6 Å². The second-order valence-corrected chi connectivity index (χ2v) is 4.44. The van der Waals surface area contributed by atoms with Gasteiger partial charge < -0.3 is 15.8 Å². The maximum atomic E-state index is 13.2. The highest BCUT2D eigenvalue weighted by Gasteiger charge is 2.16. The lowest BCUT2D eigenvalue weighted by Gasteiger charge is -2.13. The highest BCUT2D eigenvalue weighted by molar-refractivity contribution is 6.01. The molecule has 0 heterocycles. The van der Waals surface area contributed by atoms with Gasteiger partial charge in [0.15, 0.2) is 0 Å². The Morgan fingerprint density at radius 1 is 1.45 bits per heavy atom. The van der Waals surface area contributed by atoms with E-state index < -0.39 is 11.8 Å². The van der Waals surface area contributed by atoms with Crippen molar-refractivity contribution in [3.63, 3.8) is 0 Å². The molecule has 1 aromatic carbocycles. The molecule has 0 fully saturated rings. The predicted octanol–water partition coefficient (Wildman–Crippen LogP) is 1.93. The zero-order valence-corrected chi connectivity index (χ0v) is 11.6. The van der Waals surface area contributed by atoms with Gasteiger partial charge in [-0.25, -0.2) is 9.18 Å². The quantitative estimate of drug-likeness (QED) is 0.781. The van der Waals surface area contributed by atoms with Crippen LogP contribution in [-0.4, -0.2) is 25.5 Å². The van der Waals surface area contributed by atoms with Crippen molar-refractivity contribution < 1.29 is 18.7 Å². The lowest BCUT2D eigenvalue weighted by atomic mass is 10.0. The first-order chi connectivity index (χ1) is 9.51. The first kappa shape index (κ1) is 16.1. The molecule has 0 saturated heterocycles. The fraction of sp³-hybridized carbons (Fsp3) is 0.429. The minimum atomic E-state index is -0.633. The summed E-state index contributed by atoms with van der Waals surface area (Å²) in [5, 5.41) is 2.53. The molecule has 1 amide bonds. The SMILES string of the molecule is CCC(CN)CC(=O)Nc1cc(F)ccc1C(=O)OC. The van der Waals surface area contributed by atoms with Gasteiger partial charge in [0.05, 0.1) is 18.4 Å². The van der Waals surface area contributed by atoms with Crippen LogP contribution in [0.4, 0.5) is 10.1 Å². The van der Waals surface area contributed by atoms with E-state index in [2.05, 4.69) is 10.1 Å². The molecule has 0 aromatic heterocycles. The molecule has 0 bridgehead atoms. The molecule has 110 valence electrons. The van der Waals surface area contributed by atoms with Crippen molar-refractivity contribution in [3.05, 3.63) is 29.6 Å². The number of hydrogen-bond acceptors (Lipinski definition) is 4. The number of nitrogens with two attached hydrogens (primary N) is 1. The second kappa shape index (κ2) is 7.59. The molecule has 5 nitrogen and oxygen atoms in total. The largest absolute Gasteiger partial charge is 0.465 e. The number of amides is 1. The zero-order valence-electron chi connectivity index (χ0n) is 11.6. The fourth-order valence-corrected chi connectivity index (χ4v) is 1.77. The maximum absolute atomic E-state index is 13.2. The molecule has 6 heteroatoms. The van der Waals surface area contributed by atoms with Gasteiger partial charge in [0.25, 0.3) is 0 Å². The average Bonchev–Trinajstić information content (AvgIpc) is 2.44. The molecule has 0 aliphatic heterocycles. The van der Waals surface area contributed by atoms with Crippen LogP contribution in [-0.2, 0) is 9.53 Å². The second-order valence-electron chi connectivity index (χ2n) is 4.44. The molecule has 0 saturated carbocycles. The molecular weight excluding hydrogens is 263 g/mol. The number of nitrogens with one attached hydrogen (secondary N) is 1. The van der Waals surface area contributed by atoms with Crippen LogP contribution in [0.5, 0.6) is 0 Å². The van der Waals surface area contributed by atoms with E-state index in [-0.39, 0.29) is 29.5 Å². The molecule has 0 radical (unpaired) electrons. The van der Waals surface area contributed by atoms with Crippen molar-refractivity contribution in [2.75, 3.05) is 19.0 Å². The number of carbonyl (C=O) groups is 2. The van der Waals surface area contributed by atoms with Crippen molar-refractivity contribution in [2.45, 2.75) is 19.8 Å². The first-order valence-corrected chi connectivity index (χ1v) is 6.39. The van der Waals surface area contributed by atoms with Crippen molar-refractivity contribution in [2.24, 2.45) is 11.7 Å². The van der Waals surface area contributed by atoms with Crippen LogP contribution in [0.2, 0.25) is 0 Å². The number of anilines is 1. The predicted molar refractivity (Wildman–Crippen MR) is 73.8 cm³/mol. The number of esters is 1. The molecule has 1 aromatic rings. The molecule has 1 atom stereocenters. The summed E-state index contributed by atoms with van der Waals surface area (Å²) in [4.78, 5) is 23.4. The van der Waals surface area contributed by atoms with Gasteiger partial charge in [-0.2, -0.15) is 0 Å². The Morgan fingerprint density at radius 3 is 2.70 bits per heavy atom. The van der Waals surface area contributed by atoms with Crippen molar-refractivity contribution in [3.8, 4) is 0 Å². The van der Waals surface area contributed by atoms with E-state index in [0.29, 0.717) is 6.54 Å². The number of methoxy groups -OCH3 is 1. The molecule has 3 N–H and O–H groups in total. The summed E-state index contributed by atoms with van der Waals surface area (Å²) in [7, 11) is 1.22. The third kappa shape index (κ3) is 4.31. The van der Waals surface area contributed by atoms with E-state index in [1.165, 1.54) is 13.2 Å². The van der Waals surface area contributed by atoms with Crippen molar-refractivity contribution in [1.82, 2.24) is 0 Å². The van der Waals surface area contributed by atoms with Crippen LogP contribution in [0, 0.1) is 11.7 Å². The molecule has 20 heavy (non-hydrogen) atoms. The summed E-state index contributed by atoms with van der Waals surface area (Å²) in [6.45, 7) is 2.34. The Balaban J connectivity index is 2.87. The minimum Gasteiger partial charge on any atom is -0.465 e. The summed E-state index contributed by atoms with van der Waals surface area (Å²) >= 11 is 0. The van der Waals surface area contributed by atoms with Crippen LogP contribution in [0.25, 0.3) is 0 Å². The molecular formula is C14H19FN2O3. The van der Waals surface area contributed by atoms with E-state index in [9.17, 15) is 14.0 Å². The monoisotopic (exact) mass is 282 g/mol. The Morgan fingerprint density at radius 2 is 2.15 bits per heavy atom. The van der Waals surface area contributed by atoms with Crippen molar-refractivity contribution in [1.29, 1.82) is 0 Å². The number of benzene rings is 1. The Labute approximate surface area is 117 Å². The Kier molecular flexibility index (Phi) is 6.11. The fourth-order valence-electron chi connectivity index (χ4n) is 1.77. The van der Waals surface area contributed by atoms with Gasteiger partial charge in [-0.3, -0.25) is 4.79 Å². The summed E-state index contributed by atoms with van der Waals surface area (Å²) < 4.78 is 17.8. The van der Waals surface area contributed by atoms with Gasteiger partial charge in [-0.05, 0) is 30.7 Å². The zero-order chi connectivity index (χ0) is 15.1. The van der Waals surface area contributed by atoms with E-state index in [1.54, 1.807) is 0 Å². The number of ether oxygens (including phenoxy) is 1. The Bertz CT molecular complexity index is 487. The molecule has 1 rings (SSSR count). The normalized spacial score (nSPS) is 11.8. The maximum Gasteiger partial charge on any atom is 0.339 e. The van der Waals surface area contributed by atoms with Crippen LogP contribution < -0.4 is 11.1 Å². The summed E-state index contributed by atoms with van der Waals surface area (Å²) in [5.74, 6) is -1.42. The minimum absolute atomic E-state index is 0.0603. The summed E-state index contributed by atoms with van der Waals surface area (Å²) in [6, 6.07) is 3.50. The molecule has 0 aliphatic carbocycles. The number of halogens is 1. The average molecular weight is 282 g/mol. The summed E-state index contributed by atoms with van der Waals surface area (Å²) in [5.41, 5.74) is 5.75. The molecule has 0 spiro atoms. The smallest absolute Gasteiger partial charge is 0.339 e. The van der Waals surface area contributed by atoms with Gasteiger partial charge in [0, 0.05) is 6.42 Å². The first-order valence-electron chi connectivity index (χ1n) is 6.39. The standard InChI is InChI=1S/C14H19FN2O3/c1-3-9(8-16)6-13(18)17-12-7-10(15)4-5-11(12)14(19)20-2/h4-5,7,9H,3,6,8,16H2,1-2H3,(H,17,18). The van der Waals surface area contributed by atoms with Gasteiger partial charge in [-0.1, -0.05) is 13.3 Å². The van der Waals surface area contributed by atoms with Crippen LogP contribution in [0.15, 0.2) is 18.2 Å².